The lowest BCUT2D eigenvalue weighted by Crippen LogP contribution is -2.46. The molecule has 2 heteroatoms. The van der Waals surface area contributed by atoms with E-state index < -0.39 is 0 Å². The first-order chi connectivity index (χ1) is 12.3. The molecule has 0 aromatic heterocycles. The average Bonchev–Trinajstić information content (AvgIpc) is 2.89. The Morgan fingerprint density at radius 2 is 2.12 bits per heavy atom. The van der Waals surface area contributed by atoms with Crippen LogP contribution < -0.4 is 10.6 Å². The molecule has 140 valence electrons. The van der Waals surface area contributed by atoms with E-state index in [0.29, 0.717) is 5.92 Å². The minimum atomic E-state index is -0.0570. The molecule has 1 aromatic carbocycles. The van der Waals surface area contributed by atoms with Crippen LogP contribution in [0.4, 0.5) is 5.69 Å². The van der Waals surface area contributed by atoms with Crippen molar-refractivity contribution < 1.29 is 0 Å². The highest BCUT2D eigenvalue weighted by molar-refractivity contribution is 5.66. The van der Waals surface area contributed by atoms with Crippen LogP contribution in [0.3, 0.4) is 0 Å². The minimum Gasteiger partial charge on any atom is -0.358 e. The first-order valence-electron chi connectivity index (χ1n) is 9.91. The van der Waals surface area contributed by atoms with Crippen molar-refractivity contribution in [3.63, 3.8) is 0 Å². The van der Waals surface area contributed by atoms with Gasteiger partial charge in [-0.05, 0) is 45.2 Å². The topological polar surface area (TPSA) is 29.3 Å². The van der Waals surface area contributed by atoms with Crippen LogP contribution in [0.25, 0.3) is 0 Å². The third-order valence-electron chi connectivity index (χ3n) is 6.55. The molecule has 3 unspecified atom stereocenters. The highest BCUT2D eigenvalue weighted by Gasteiger charge is 2.46. The zero-order valence-electron chi connectivity index (χ0n) is 17.0. The summed E-state index contributed by atoms with van der Waals surface area (Å²) >= 11 is 0. The zero-order valence-corrected chi connectivity index (χ0v) is 17.0. The van der Waals surface area contributed by atoms with E-state index in [1.165, 1.54) is 29.7 Å². The molecule has 26 heavy (non-hydrogen) atoms. The minimum absolute atomic E-state index is 0.0486. The molecule has 3 atom stereocenters. The Morgan fingerprint density at radius 3 is 2.85 bits per heavy atom. The largest absolute Gasteiger partial charge is 0.358 e. The molecule has 1 aliphatic heterocycles. The summed E-state index contributed by atoms with van der Waals surface area (Å²) in [6.45, 7) is 11.9. The highest BCUT2D eigenvalue weighted by Crippen LogP contribution is 2.52. The maximum absolute atomic E-state index is 6.46. The number of hydrogen-bond acceptors (Lipinski definition) is 2. The summed E-state index contributed by atoms with van der Waals surface area (Å²) in [4.78, 5) is 2.57. The number of hydrogen-bond donors (Lipinski definition) is 1. The van der Waals surface area contributed by atoms with Crippen LogP contribution in [-0.4, -0.2) is 18.1 Å². The highest BCUT2D eigenvalue weighted by atomic mass is 15.2. The van der Waals surface area contributed by atoms with E-state index in [9.17, 15) is 0 Å². The summed E-state index contributed by atoms with van der Waals surface area (Å²) in [6.07, 6.45) is 13.9. The number of benzene rings is 1. The molecule has 1 aromatic rings. The zero-order chi connectivity index (χ0) is 18.9. The van der Waals surface area contributed by atoms with Gasteiger partial charge in [-0.1, -0.05) is 68.0 Å². The lowest BCUT2D eigenvalue weighted by molar-refractivity contribution is 0.405. The van der Waals surface area contributed by atoms with Gasteiger partial charge < -0.3 is 10.6 Å². The van der Waals surface area contributed by atoms with E-state index in [0.717, 1.165) is 6.54 Å². The van der Waals surface area contributed by atoms with Gasteiger partial charge in [0.25, 0.3) is 0 Å². The summed E-state index contributed by atoms with van der Waals surface area (Å²) in [5, 5.41) is 0. The molecule has 3 rings (SSSR count). The lowest BCUT2D eigenvalue weighted by Gasteiger charge is -2.40. The van der Waals surface area contributed by atoms with Gasteiger partial charge in [0, 0.05) is 29.6 Å². The second kappa shape index (κ2) is 7.08. The molecular weight excluding hydrogens is 316 g/mol. The Labute approximate surface area is 159 Å². The van der Waals surface area contributed by atoms with Crippen LogP contribution in [0.2, 0.25) is 0 Å². The molecule has 0 saturated heterocycles. The first-order valence-corrected chi connectivity index (χ1v) is 9.91. The van der Waals surface area contributed by atoms with Crippen molar-refractivity contribution in [2.75, 3.05) is 11.4 Å². The van der Waals surface area contributed by atoms with Crippen LogP contribution >= 0.6 is 0 Å². The van der Waals surface area contributed by atoms with E-state index in [1.807, 2.05) is 0 Å². The number of nitrogens with two attached hydrogens (primary N) is 1. The second-order valence-electron chi connectivity index (χ2n) is 8.66. The third kappa shape index (κ3) is 3.16. The smallest absolute Gasteiger partial charge is 0.0629 e. The van der Waals surface area contributed by atoms with Gasteiger partial charge in [0.2, 0.25) is 0 Å². The van der Waals surface area contributed by atoms with Gasteiger partial charge in [-0.15, -0.1) is 0 Å². The van der Waals surface area contributed by atoms with Gasteiger partial charge in [0.1, 0.15) is 0 Å². The normalized spacial score (nSPS) is 26.9. The maximum atomic E-state index is 6.46. The van der Waals surface area contributed by atoms with Crippen molar-refractivity contribution >= 4 is 5.69 Å². The fourth-order valence-electron chi connectivity index (χ4n) is 4.66. The molecule has 0 saturated carbocycles. The standard InChI is InChI=1S/C24H34N2/c1-6-18(2)22(25)23(3,4)15-11-17-26-21-14-8-7-12-19(21)20-13-9-10-16-24(20,26)5/h6-8,10-12,14-16,20,22H,9,13,17,25H2,1-5H3/b15-11-,18-6-. The summed E-state index contributed by atoms with van der Waals surface area (Å²) < 4.78 is 0. The summed E-state index contributed by atoms with van der Waals surface area (Å²) in [6, 6.07) is 8.99. The van der Waals surface area contributed by atoms with Crippen molar-refractivity contribution in [2.24, 2.45) is 11.1 Å². The number of para-hydroxylation sites is 1. The predicted molar refractivity (Wildman–Crippen MR) is 114 cm³/mol. The summed E-state index contributed by atoms with van der Waals surface area (Å²) in [5.74, 6) is 0.595. The van der Waals surface area contributed by atoms with Crippen molar-refractivity contribution in [3.8, 4) is 0 Å². The molecule has 0 bridgehead atoms. The molecule has 2 nitrogen and oxygen atoms in total. The molecule has 2 aliphatic rings. The third-order valence-corrected chi connectivity index (χ3v) is 6.55. The van der Waals surface area contributed by atoms with Crippen LogP contribution in [0, 0.1) is 5.41 Å². The van der Waals surface area contributed by atoms with Gasteiger partial charge in [0.15, 0.2) is 0 Å². The van der Waals surface area contributed by atoms with Crippen LogP contribution in [0.1, 0.15) is 58.9 Å². The molecule has 0 fully saturated rings. The fourth-order valence-corrected chi connectivity index (χ4v) is 4.66. The second-order valence-corrected chi connectivity index (χ2v) is 8.66. The number of nitrogens with zero attached hydrogens (tertiary/aromatic N) is 1. The first kappa shape index (κ1) is 19.0. The SMILES string of the molecule is C/C=C(/C)C(N)C(C)(C)/C=C\CN1c2ccccc2C2CCC=CC21C. The number of fused-ring (bicyclic) bond motifs is 3. The monoisotopic (exact) mass is 350 g/mol. The molecular formula is C24H34N2. The van der Waals surface area contributed by atoms with Crippen molar-refractivity contribution in [1.29, 1.82) is 0 Å². The number of rotatable bonds is 5. The number of anilines is 1. The van der Waals surface area contributed by atoms with Crippen LogP contribution in [0.15, 0.2) is 60.2 Å². The quantitative estimate of drug-likeness (QED) is 0.703. The molecule has 0 radical (unpaired) electrons. The van der Waals surface area contributed by atoms with E-state index in [2.05, 4.69) is 94.2 Å². The molecule has 2 N–H and O–H groups in total. The van der Waals surface area contributed by atoms with Crippen LogP contribution in [0.5, 0.6) is 0 Å². The van der Waals surface area contributed by atoms with E-state index in [4.69, 9.17) is 5.73 Å². The molecule has 0 amide bonds. The van der Waals surface area contributed by atoms with Crippen molar-refractivity contribution in [2.45, 2.75) is 65.0 Å². The fraction of sp³-hybridized carbons (Fsp3) is 0.500. The van der Waals surface area contributed by atoms with Crippen molar-refractivity contribution in [3.05, 3.63) is 65.8 Å². The lowest BCUT2D eigenvalue weighted by atomic mass is 9.77. The van der Waals surface area contributed by atoms with Gasteiger partial charge in [-0.2, -0.15) is 0 Å². The Bertz CT molecular complexity index is 740. The molecule has 0 spiro atoms. The molecule has 1 heterocycles. The van der Waals surface area contributed by atoms with E-state index in [1.54, 1.807) is 0 Å². The van der Waals surface area contributed by atoms with Gasteiger partial charge in [-0.3, -0.25) is 0 Å². The Kier molecular flexibility index (Phi) is 5.16. The number of allylic oxidation sites excluding steroid dienone is 2. The summed E-state index contributed by atoms with van der Waals surface area (Å²) in [7, 11) is 0. The van der Waals surface area contributed by atoms with Crippen molar-refractivity contribution in [1.82, 2.24) is 0 Å². The predicted octanol–water partition coefficient (Wildman–Crippen LogP) is 5.57. The van der Waals surface area contributed by atoms with Gasteiger partial charge in [0.05, 0.1) is 5.54 Å². The molecule has 1 aliphatic carbocycles. The van der Waals surface area contributed by atoms with E-state index in [-0.39, 0.29) is 17.0 Å². The Balaban J connectivity index is 1.85. The van der Waals surface area contributed by atoms with E-state index >= 15 is 0 Å². The van der Waals surface area contributed by atoms with Gasteiger partial charge >= 0.3 is 0 Å². The Hall–Kier alpha value is -1.80. The van der Waals surface area contributed by atoms with Gasteiger partial charge in [-0.25, -0.2) is 0 Å². The van der Waals surface area contributed by atoms with Crippen LogP contribution in [-0.2, 0) is 0 Å². The average molecular weight is 351 g/mol. The maximum Gasteiger partial charge on any atom is 0.0629 e. The Morgan fingerprint density at radius 1 is 1.38 bits per heavy atom. The summed E-state index contributed by atoms with van der Waals surface area (Å²) in [5.41, 5.74) is 10.6.